The fourth-order valence-electron chi connectivity index (χ4n) is 4.79. The first kappa shape index (κ1) is 23.6. The molecule has 1 fully saturated rings. The minimum atomic E-state index is -1.13. The predicted octanol–water partition coefficient (Wildman–Crippen LogP) is 5.10. The number of hydrogen-bond donors (Lipinski definition) is 4. The number of carboxylic acid groups (broad SMARTS) is 1. The van der Waals surface area contributed by atoms with E-state index >= 15 is 0 Å². The molecule has 4 aromatic rings. The minimum Gasteiger partial charge on any atom is -0.465 e. The average Bonchev–Trinajstić information content (AvgIpc) is 3.48. The van der Waals surface area contributed by atoms with E-state index in [9.17, 15) is 14.7 Å². The van der Waals surface area contributed by atoms with Crippen LogP contribution in [0.2, 0.25) is 0 Å². The second kappa shape index (κ2) is 10.3. The standard InChI is InChI=1S/C29H30N4O3/c30-25-16-24(25)20-10-13-22(14-11-20)32-28(34)27(33(29(35)36)18-19-6-2-1-3-7-19)15-12-21-17-31-26-9-5-4-8-23(21)26/h1-11,13-14,17,24-25,27,31H,12,15-16,18,30H2,(H,32,34)(H,35,36)/t24-,25+,27?/m0/s1. The van der Waals surface area contributed by atoms with Gasteiger partial charge in [-0.2, -0.15) is 0 Å². The molecule has 1 aliphatic rings. The van der Waals surface area contributed by atoms with Crippen LogP contribution in [0.25, 0.3) is 10.9 Å². The van der Waals surface area contributed by atoms with Gasteiger partial charge >= 0.3 is 6.09 Å². The molecule has 1 unspecified atom stereocenters. The van der Waals surface area contributed by atoms with Crippen LogP contribution < -0.4 is 11.1 Å². The van der Waals surface area contributed by atoms with Crippen LogP contribution in [0.4, 0.5) is 10.5 Å². The molecule has 5 rings (SSSR count). The van der Waals surface area contributed by atoms with Crippen molar-refractivity contribution in [1.82, 2.24) is 9.88 Å². The second-order valence-electron chi connectivity index (χ2n) is 9.43. The highest BCUT2D eigenvalue weighted by Gasteiger charge is 2.35. The third-order valence-electron chi connectivity index (χ3n) is 6.93. The third-order valence-corrected chi connectivity index (χ3v) is 6.93. The second-order valence-corrected chi connectivity index (χ2v) is 9.43. The van der Waals surface area contributed by atoms with Crippen molar-refractivity contribution < 1.29 is 14.7 Å². The van der Waals surface area contributed by atoms with E-state index in [4.69, 9.17) is 5.73 Å². The summed E-state index contributed by atoms with van der Waals surface area (Å²) in [6.07, 6.45) is 2.69. The Labute approximate surface area is 209 Å². The van der Waals surface area contributed by atoms with Gasteiger partial charge in [0.15, 0.2) is 0 Å². The molecule has 2 amide bonds. The van der Waals surface area contributed by atoms with Crippen molar-refractivity contribution >= 4 is 28.6 Å². The number of benzene rings is 3. The SMILES string of the molecule is N[C@@H]1C[C@H]1c1ccc(NC(=O)C(CCc2c[nH]c3ccccc23)N(Cc2ccccc2)C(=O)O)cc1. The van der Waals surface area contributed by atoms with Crippen LogP contribution in [-0.4, -0.2) is 39.1 Å². The molecule has 1 aromatic heterocycles. The monoisotopic (exact) mass is 482 g/mol. The summed E-state index contributed by atoms with van der Waals surface area (Å²) < 4.78 is 0. The van der Waals surface area contributed by atoms with Gasteiger partial charge in [0.1, 0.15) is 6.04 Å². The van der Waals surface area contributed by atoms with E-state index in [2.05, 4.69) is 10.3 Å². The van der Waals surface area contributed by atoms with Gasteiger partial charge < -0.3 is 21.1 Å². The van der Waals surface area contributed by atoms with Crippen molar-refractivity contribution in [1.29, 1.82) is 0 Å². The van der Waals surface area contributed by atoms with Crippen molar-refractivity contribution in [2.45, 2.75) is 43.8 Å². The number of rotatable bonds is 9. The zero-order chi connectivity index (χ0) is 25.1. The van der Waals surface area contributed by atoms with Gasteiger partial charge in [-0.3, -0.25) is 9.69 Å². The van der Waals surface area contributed by atoms with E-state index in [1.165, 1.54) is 4.90 Å². The van der Waals surface area contributed by atoms with Crippen LogP contribution in [0.15, 0.2) is 85.1 Å². The summed E-state index contributed by atoms with van der Waals surface area (Å²) in [6, 6.07) is 24.3. The van der Waals surface area contributed by atoms with Gasteiger partial charge in [0.2, 0.25) is 5.91 Å². The maximum atomic E-state index is 13.5. The lowest BCUT2D eigenvalue weighted by Crippen LogP contribution is -2.46. The molecule has 0 bridgehead atoms. The van der Waals surface area contributed by atoms with E-state index in [0.29, 0.717) is 24.4 Å². The number of aromatic nitrogens is 1. The molecule has 7 heteroatoms. The molecule has 0 spiro atoms. The number of anilines is 1. The number of para-hydroxylation sites is 1. The lowest BCUT2D eigenvalue weighted by atomic mass is 10.0. The summed E-state index contributed by atoms with van der Waals surface area (Å²) in [5.41, 5.74) is 10.7. The summed E-state index contributed by atoms with van der Waals surface area (Å²) in [7, 11) is 0. The molecule has 0 radical (unpaired) electrons. The predicted molar refractivity (Wildman–Crippen MR) is 141 cm³/mol. The van der Waals surface area contributed by atoms with Gasteiger partial charge in [0, 0.05) is 41.3 Å². The molecule has 1 saturated carbocycles. The molecule has 3 aromatic carbocycles. The van der Waals surface area contributed by atoms with Crippen LogP contribution in [0.5, 0.6) is 0 Å². The molecular weight excluding hydrogens is 452 g/mol. The number of nitrogens with two attached hydrogens (primary N) is 1. The minimum absolute atomic E-state index is 0.126. The van der Waals surface area contributed by atoms with Gasteiger partial charge in [-0.15, -0.1) is 0 Å². The zero-order valence-corrected chi connectivity index (χ0v) is 19.9. The van der Waals surface area contributed by atoms with Crippen LogP contribution in [0.1, 0.15) is 35.4 Å². The quantitative estimate of drug-likeness (QED) is 0.266. The Kier molecular flexibility index (Phi) is 6.73. The van der Waals surface area contributed by atoms with Gasteiger partial charge in [-0.25, -0.2) is 4.79 Å². The number of carbonyl (C=O) groups is 2. The van der Waals surface area contributed by atoms with Gasteiger partial charge in [-0.05, 0) is 54.2 Å². The van der Waals surface area contributed by atoms with Crippen LogP contribution in [0.3, 0.4) is 0 Å². The zero-order valence-electron chi connectivity index (χ0n) is 19.9. The average molecular weight is 483 g/mol. The summed E-state index contributed by atoms with van der Waals surface area (Å²) in [4.78, 5) is 30.4. The molecule has 7 nitrogen and oxygen atoms in total. The highest BCUT2D eigenvalue weighted by Crippen LogP contribution is 2.39. The van der Waals surface area contributed by atoms with E-state index in [-0.39, 0.29) is 18.5 Å². The first-order valence-electron chi connectivity index (χ1n) is 12.2. The van der Waals surface area contributed by atoms with Crippen LogP contribution in [-0.2, 0) is 17.8 Å². The summed E-state index contributed by atoms with van der Waals surface area (Å²) in [6.45, 7) is 0.126. The molecule has 184 valence electrons. The van der Waals surface area contributed by atoms with Crippen molar-refractivity contribution in [2.24, 2.45) is 5.73 Å². The van der Waals surface area contributed by atoms with E-state index in [0.717, 1.165) is 34.0 Å². The molecule has 3 atom stereocenters. The number of aryl methyl sites for hydroxylation is 1. The van der Waals surface area contributed by atoms with Gasteiger partial charge in [-0.1, -0.05) is 60.7 Å². The number of amides is 2. The molecule has 5 N–H and O–H groups in total. The Morgan fingerprint density at radius 2 is 1.72 bits per heavy atom. The van der Waals surface area contributed by atoms with Crippen molar-refractivity contribution in [3.05, 3.63) is 102 Å². The van der Waals surface area contributed by atoms with Crippen LogP contribution in [0, 0.1) is 0 Å². The Balaban J connectivity index is 1.37. The summed E-state index contributed by atoms with van der Waals surface area (Å²) in [5, 5.41) is 14.1. The van der Waals surface area contributed by atoms with Gasteiger partial charge in [0.25, 0.3) is 0 Å². The van der Waals surface area contributed by atoms with E-state index < -0.39 is 12.1 Å². The maximum absolute atomic E-state index is 13.5. The molecule has 1 heterocycles. The lowest BCUT2D eigenvalue weighted by molar-refractivity contribution is -0.121. The fourth-order valence-corrected chi connectivity index (χ4v) is 4.79. The number of fused-ring (bicyclic) bond motifs is 1. The number of hydrogen-bond acceptors (Lipinski definition) is 3. The number of carbonyl (C=O) groups excluding carboxylic acids is 1. The Morgan fingerprint density at radius 3 is 2.42 bits per heavy atom. The number of H-pyrrole nitrogens is 1. The smallest absolute Gasteiger partial charge is 0.408 e. The molecule has 36 heavy (non-hydrogen) atoms. The Morgan fingerprint density at radius 1 is 1.03 bits per heavy atom. The highest BCUT2D eigenvalue weighted by atomic mass is 16.4. The van der Waals surface area contributed by atoms with Gasteiger partial charge in [0.05, 0.1) is 0 Å². The van der Waals surface area contributed by atoms with E-state index in [1.807, 2.05) is 85.1 Å². The van der Waals surface area contributed by atoms with Crippen molar-refractivity contribution in [3.63, 3.8) is 0 Å². The first-order chi connectivity index (χ1) is 17.5. The fraction of sp³-hybridized carbons (Fsp3) is 0.241. The van der Waals surface area contributed by atoms with E-state index in [1.54, 1.807) is 0 Å². The normalized spacial score (nSPS) is 17.5. The molecule has 0 saturated heterocycles. The highest BCUT2D eigenvalue weighted by molar-refractivity contribution is 5.96. The van der Waals surface area contributed by atoms with Crippen LogP contribution >= 0.6 is 0 Å². The van der Waals surface area contributed by atoms with Crippen molar-refractivity contribution in [2.75, 3.05) is 5.32 Å². The largest absolute Gasteiger partial charge is 0.465 e. The number of aromatic amines is 1. The molecular formula is C29H30N4O3. The molecule has 0 aliphatic heterocycles. The third kappa shape index (κ3) is 5.26. The summed E-state index contributed by atoms with van der Waals surface area (Å²) >= 11 is 0. The Bertz CT molecular complexity index is 1350. The molecule has 1 aliphatic carbocycles. The lowest BCUT2D eigenvalue weighted by Gasteiger charge is -2.29. The topological polar surface area (TPSA) is 111 Å². The number of nitrogens with one attached hydrogen (secondary N) is 2. The van der Waals surface area contributed by atoms with Crippen molar-refractivity contribution in [3.8, 4) is 0 Å². The first-order valence-corrected chi connectivity index (χ1v) is 12.2. The number of nitrogens with zero attached hydrogens (tertiary/aromatic N) is 1. The maximum Gasteiger partial charge on any atom is 0.408 e. The summed E-state index contributed by atoms with van der Waals surface area (Å²) in [5.74, 6) is 0.0380. The Hall–Kier alpha value is -4.10.